The summed E-state index contributed by atoms with van der Waals surface area (Å²) in [6.07, 6.45) is 0. The molecule has 6 nitrogen and oxygen atoms in total. The molecule has 0 bridgehead atoms. The van der Waals surface area contributed by atoms with Crippen molar-refractivity contribution in [1.29, 1.82) is 0 Å². The Morgan fingerprint density at radius 1 is 1.33 bits per heavy atom. The zero-order chi connectivity index (χ0) is 15.8. The summed E-state index contributed by atoms with van der Waals surface area (Å²) in [6.45, 7) is 0.936. The van der Waals surface area contributed by atoms with Crippen LogP contribution in [-0.4, -0.2) is 46.1 Å². The topological polar surface area (TPSA) is 71.9 Å². The molecular weight excluding hydrogens is 338 g/mol. The maximum atomic E-state index is 11.7. The molecule has 0 aliphatic rings. The van der Waals surface area contributed by atoms with Crippen LogP contribution in [0.2, 0.25) is 0 Å². The summed E-state index contributed by atoms with van der Waals surface area (Å²) in [7, 11) is 5.07. The van der Waals surface area contributed by atoms with Crippen molar-refractivity contribution in [3.05, 3.63) is 28.2 Å². The van der Waals surface area contributed by atoms with Gasteiger partial charge in [0.1, 0.15) is 12.3 Å². The lowest BCUT2D eigenvalue weighted by Gasteiger charge is -2.16. The first-order valence-electron chi connectivity index (χ1n) is 6.57. The average Bonchev–Trinajstić information content (AvgIpc) is 2.44. The molecule has 1 aromatic rings. The van der Waals surface area contributed by atoms with Crippen molar-refractivity contribution in [3.63, 3.8) is 0 Å². The number of likely N-dealkylation sites (N-methyl/N-ethyl adjacent to an activating group) is 2. The smallest absolute Gasteiger partial charge is 0.275 e. The monoisotopic (exact) mass is 358 g/mol. The summed E-state index contributed by atoms with van der Waals surface area (Å²) >= 11 is 3.43. The minimum atomic E-state index is -0.213. The van der Waals surface area contributed by atoms with E-state index >= 15 is 0 Å². The third-order valence-electron chi connectivity index (χ3n) is 2.92. The second-order valence-electron chi connectivity index (χ2n) is 4.72. The SMILES string of the molecule is CNC(=O)CNC(=O)C[NH+](C)Cc1cc(Br)ccc1OC. The van der Waals surface area contributed by atoms with Crippen LogP contribution in [-0.2, 0) is 16.1 Å². The van der Waals surface area contributed by atoms with Crippen molar-refractivity contribution >= 4 is 27.7 Å². The molecule has 1 unspecified atom stereocenters. The van der Waals surface area contributed by atoms with E-state index in [0.717, 1.165) is 20.7 Å². The number of hydrogen-bond donors (Lipinski definition) is 3. The van der Waals surface area contributed by atoms with E-state index in [1.54, 1.807) is 7.11 Å². The van der Waals surface area contributed by atoms with E-state index in [1.165, 1.54) is 7.05 Å². The number of ether oxygens (including phenoxy) is 1. The molecule has 0 spiro atoms. The molecule has 2 amide bonds. The van der Waals surface area contributed by atoms with Crippen molar-refractivity contribution in [2.45, 2.75) is 6.54 Å². The van der Waals surface area contributed by atoms with Crippen molar-refractivity contribution < 1.29 is 19.2 Å². The highest BCUT2D eigenvalue weighted by molar-refractivity contribution is 9.10. The van der Waals surface area contributed by atoms with Gasteiger partial charge in [0.2, 0.25) is 5.91 Å². The van der Waals surface area contributed by atoms with Crippen LogP contribution in [0, 0.1) is 0 Å². The minimum Gasteiger partial charge on any atom is -0.496 e. The van der Waals surface area contributed by atoms with Crippen LogP contribution in [0.3, 0.4) is 0 Å². The van der Waals surface area contributed by atoms with E-state index in [9.17, 15) is 9.59 Å². The highest BCUT2D eigenvalue weighted by atomic mass is 79.9. The number of amides is 2. The highest BCUT2D eigenvalue weighted by Gasteiger charge is 2.14. The first kappa shape index (κ1) is 17.5. The lowest BCUT2D eigenvalue weighted by Crippen LogP contribution is -3.08. The number of methoxy groups -OCH3 is 1. The van der Waals surface area contributed by atoms with Gasteiger partial charge in [-0.05, 0) is 18.2 Å². The first-order chi connectivity index (χ1) is 9.96. The van der Waals surface area contributed by atoms with Gasteiger partial charge in [0.25, 0.3) is 5.91 Å². The molecule has 1 atom stereocenters. The molecule has 21 heavy (non-hydrogen) atoms. The van der Waals surface area contributed by atoms with Crippen LogP contribution in [0.4, 0.5) is 0 Å². The fourth-order valence-electron chi connectivity index (χ4n) is 1.88. The number of rotatable bonds is 7. The Morgan fingerprint density at radius 3 is 2.67 bits per heavy atom. The highest BCUT2D eigenvalue weighted by Crippen LogP contribution is 2.21. The summed E-state index contributed by atoms with van der Waals surface area (Å²) in [4.78, 5) is 23.8. The maximum absolute atomic E-state index is 11.7. The average molecular weight is 359 g/mol. The first-order valence-corrected chi connectivity index (χ1v) is 7.36. The number of nitrogens with one attached hydrogen (secondary N) is 3. The molecule has 0 aromatic heterocycles. The molecule has 7 heteroatoms. The fraction of sp³-hybridized carbons (Fsp3) is 0.429. The lowest BCUT2D eigenvalue weighted by molar-refractivity contribution is -0.885. The Balaban J connectivity index is 2.53. The second kappa shape index (κ2) is 8.63. The molecule has 1 rings (SSSR count). The molecule has 1 aromatic carbocycles. The normalized spacial score (nSPS) is 11.6. The molecular formula is C14H21BrN3O3+. The fourth-order valence-corrected chi connectivity index (χ4v) is 2.29. The summed E-state index contributed by atoms with van der Waals surface area (Å²) in [5.74, 6) is 0.419. The Hall–Kier alpha value is -1.60. The number of quaternary nitrogens is 1. The third kappa shape index (κ3) is 6.14. The standard InChI is InChI=1S/C14H20BrN3O3/c1-16-13(19)7-17-14(20)9-18(2)8-10-6-11(15)4-5-12(10)21-3/h4-6H,7-9H2,1-3H3,(H,16,19)(H,17,20)/p+1. The maximum Gasteiger partial charge on any atom is 0.275 e. The Bertz CT molecular complexity index is 508. The van der Waals surface area contributed by atoms with Crippen LogP contribution < -0.4 is 20.3 Å². The van der Waals surface area contributed by atoms with Gasteiger partial charge in [-0.15, -0.1) is 0 Å². The summed E-state index contributed by atoms with van der Waals surface area (Å²) in [5.41, 5.74) is 1.02. The number of carbonyl (C=O) groups excluding carboxylic acids is 2. The lowest BCUT2D eigenvalue weighted by atomic mass is 10.2. The van der Waals surface area contributed by atoms with Crippen molar-refractivity contribution in [2.24, 2.45) is 0 Å². The quantitative estimate of drug-likeness (QED) is 0.605. The van der Waals surface area contributed by atoms with Gasteiger partial charge in [0.05, 0.1) is 20.7 Å². The zero-order valence-electron chi connectivity index (χ0n) is 12.5. The van der Waals surface area contributed by atoms with Gasteiger partial charge in [-0.1, -0.05) is 15.9 Å². The predicted octanol–water partition coefficient (Wildman–Crippen LogP) is -0.665. The van der Waals surface area contributed by atoms with Gasteiger partial charge in [0, 0.05) is 17.1 Å². The Labute approximate surface area is 133 Å². The molecule has 3 N–H and O–H groups in total. The predicted molar refractivity (Wildman–Crippen MR) is 83.2 cm³/mol. The molecule has 0 aliphatic heterocycles. The third-order valence-corrected chi connectivity index (χ3v) is 3.42. The van der Waals surface area contributed by atoms with Gasteiger partial charge in [-0.3, -0.25) is 9.59 Å². The van der Waals surface area contributed by atoms with E-state index in [-0.39, 0.29) is 24.9 Å². The van der Waals surface area contributed by atoms with E-state index in [2.05, 4.69) is 26.6 Å². The molecule has 0 heterocycles. The molecule has 116 valence electrons. The van der Waals surface area contributed by atoms with Gasteiger partial charge in [-0.25, -0.2) is 0 Å². The van der Waals surface area contributed by atoms with Crippen molar-refractivity contribution in [2.75, 3.05) is 34.3 Å². The molecule has 0 saturated heterocycles. The van der Waals surface area contributed by atoms with Gasteiger partial charge in [-0.2, -0.15) is 0 Å². The van der Waals surface area contributed by atoms with Crippen LogP contribution in [0.15, 0.2) is 22.7 Å². The van der Waals surface area contributed by atoms with Gasteiger partial charge < -0.3 is 20.3 Å². The number of benzene rings is 1. The van der Waals surface area contributed by atoms with E-state index < -0.39 is 0 Å². The number of hydrogen-bond acceptors (Lipinski definition) is 3. The van der Waals surface area contributed by atoms with E-state index in [4.69, 9.17) is 4.74 Å². The summed E-state index contributed by atoms with van der Waals surface area (Å²) < 4.78 is 6.28. The van der Waals surface area contributed by atoms with Crippen LogP contribution in [0.1, 0.15) is 5.56 Å². The largest absolute Gasteiger partial charge is 0.496 e. The van der Waals surface area contributed by atoms with Crippen LogP contribution >= 0.6 is 15.9 Å². The van der Waals surface area contributed by atoms with Crippen molar-refractivity contribution in [1.82, 2.24) is 10.6 Å². The molecule has 0 radical (unpaired) electrons. The molecule has 0 aliphatic carbocycles. The van der Waals surface area contributed by atoms with Crippen LogP contribution in [0.25, 0.3) is 0 Å². The van der Waals surface area contributed by atoms with E-state index in [1.807, 2.05) is 25.2 Å². The number of carbonyl (C=O) groups is 2. The van der Waals surface area contributed by atoms with Gasteiger partial charge >= 0.3 is 0 Å². The summed E-state index contributed by atoms with van der Waals surface area (Å²) in [6, 6.07) is 5.77. The molecule has 0 fully saturated rings. The molecule has 0 saturated carbocycles. The summed E-state index contributed by atoms with van der Waals surface area (Å²) in [5, 5.41) is 5.03. The van der Waals surface area contributed by atoms with E-state index in [0.29, 0.717) is 6.54 Å². The van der Waals surface area contributed by atoms with Crippen LogP contribution in [0.5, 0.6) is 5.75 Å². The minimum absolute atomic E-state index is 0.00280. The zero-order valence-corrected chi connectivity index (χ0v) is 14.0. The van der Waals surface area contributed by atoms with Gasteiger partial charge in [0.15, 0.2) is 6.54 Å². The Morgan fingerprint density at radius 2 is 2.05 bits per heavy atom. The number of halogens is 1. The Kier molecular flexibility index (Phi) is 7.18. The van der Waals surface area contributed by atoms with Crippen molar-refractivity contribution in [3.8, 4) is 5.75 Å². The second-order valence-corrected chi connectivity index (χ2v) is 5.63.